The van der Waals surface area contributed by atoms with Gasteiger partial charge in [-0.3, -0.25) is 4.99 Å². The van der Waals surface area contributed by atoms with Crippen molar-refractivity contribution in [2.24, 2.45) is 4.99 Å². The molecule has 1 aliphatic carbocycles. The van der Waals surface area contributed by atoms with Gasteiger partial charge in [-0.25, -0.2) is 0 Å². The summed E-state index contributed by atoms with van der Waals surface area (Å²) in [6, 6.07) is 22.8. The molecular weight excluding hydrogens is 344 g/mol. The zero-order chi connectivity index (χ0) is 19.3. The Morgan fingerprint density at radius 2 is 1.79 bits per heavy atom. The Hall–Kier alpha value is -3.59. The molecule has 2 aromatic carbocycles. The molecule has 138 valence electrons. The van der Waals surface area contributed by atoms with E-state index < -0.39 is 0 Å². The highest BCUT2D eigenvalue weighted by Crippen LogP contribution is 2.40. The van der Waals surface area contributed by atoms with Crippen LogP contribution in [0.5, 0.6) is 0 Å². The molecule has 0 radical (unpaired) electrons. The zero-order valence-electron chi connectivity index (χ0n) is 15.7. The molecule has 1 N–H and O–H groups in total. The summed E-state index contributed by atoms with van der Waals surface area (Å²) >= 11 is 0. The first kappa shape index (κ1) is 17.8. The van der Waals surface area contributed by atoms with Crippen LogP contribution in [0.25, 0.3) is 33.4 Å². The van der Waals surface area contributed by atoms with Crippen molar-refractivity contribution in [3.63, 3.8) is 0 Å². The Morgan fingerprint density at radius 3 is 2.57 bits per heavy atom. The van der Waals surface area contributed by atoms with Gasteiger partial charge in [-0.15, -0.1) is 13.2 Å². The van der Waals surface area contributed by atoms with Gasteiger partial charge in [0.15, 0.2) is 0 Å². The SMILES string of the molecule is C=CCN=c1ccc2c(-c3ccccc3)c3ccc(NCC=C)cc3oc-2c1. The van der Waals surface area contributed by atoms with Gasteiger partial charge in [-0.2, -0.15) is 0 Å². The molecule has 0 bridgehead atoms. The van der Waals surface area contributed by atoms with Crippen molar-refractivity contribution < 1.29 is 4.42 Å². The lowest BCUT2D eigenvalue weighted by Gasteiger charge is -2.16. The van der Waals surface area contributed by atoms with Gasteiger partial charge in [0.25, 0.3) is 0 Å². The fourth-order valence-electron chi connectivity index (χ4n) is 3.36. The highest BCUT2D eigenvalue weighted by Gasteiger charge is 2.17. The van der Waals surface area contributed by atoms with E-state index in [1.54, 1.807) is 6.08 Å². The Labute approximate surface area is 164 Å². The van der Waals surface area contributed by atoms with Crippen LogP contribution in [0.4, 0.5) is 5.69 Å². The first-order valence-corrected chi connectivity index (χ1v) is 9.32. The second-order valence-corrected chi connectivity index (χ2v) is 6.53. The minimum atomic E-state index is 0.584. The average molecular weight is 366 g/mol. The summed E-state index contributed by atoms with van der Waals surface area (Å²) in [5.74, 6) is 0.817. The van der Waals surface area contributed by atoms with Crippen LogP contribution in [0.2, 0.25) is 0 Å². The van der Waals surface area contributed by atoms with E-state index in [1.807, 2.05) is 30.3 Å². The molecule has 0 saturated heterocycles. The molecule has 1 heterocycles. The molecule has 0 fully saturated rings. The predicted octanol–water partition coefficient (Wildman–Crippen LogP) is 5.89. The highest BCUT2D eigenvalue weighted by atomic mass is 16.3. The minimum absolute atomic E-state index is 0.584. The van der Waals surface area contributed by atoms with E-state index in [-0.39, 0.29) is 0 Å². The van der Waals surface area contributed by atoms with E-state index in [1.165, 1.54) is 5.56 Å². The van der Waals surface area contributed by atoms with Crippen LogP contribution >= 0.6 is 0 Å². The number of rotatable bonds is 6. The maximum atomic E-state index is 6.30. The van der Waals surface area contributed by atoms with Crippen LogP contribution in [0.15, 0.2) is 101 Å². The molecule has 0 amide bonds. The Kier molecular flexibility index (Phi) is 5.07. The Morgan fingerprint density at radius 1 is 0.929 bits per heavy atom. The molecule has 2 aromatic rings. The third-order valence-corrected chi connectivity index (χ3v) is 4.62. The summed E-state index contributed by atoms with van der Waals surface area (Å²) in [6.45, 7) is 8.79. The standard InChI is InChI=1S/C25H22N2O/c1-3-14-26-19-10-12-21-23(16-19)28-24-17-20(27-15-4-2)11-13-22(24)25(21)18-8-6-5-7-9-18/h3-13,16-17,26H,1-2,14-15H2. The molecular formula is C25H22N2O. The number of hydrogen-bond acceptors (Lipinski definition) is 3. The molecule has 3 heteroatoms. The van der Waals surface area contributed by atoms with E-state index in [4.69, 9.17) is 4.42 Å². The first-order valence-electron chi connectivity index (χ1n) is 9.32. The van der Waals surface area contributed by atoms with Crippen molar-refractivity contribution in [2.75, 3.05) is 18.4 Å². The van der Waals surface area contributed by atoms with Gasteiger partial charge in [0, 0.05) is 40.9 Å². The minimum Gasteiger partial charge on any atom is -0.456 e. The van der Waals surface area contributed by atoms with E-state index in [9.17, 15) is 0 Å². The highest BCUT2D eigenvalue weighted by molar-refractivity contribution is 6.02. The molecule has 2 aliphatic rings. The third kappa shape index (κ3) is 3.47. The second-order valence-electron chi connectivity index (χ2n) is 6.53. The monoisotopic (exact) mass is 366 g/mol. The topological polar surface area (TPSA) is 37.5 Å². The van der Waals surface area contributed by atoms with Gasteiger partial charge in [0.05, 0.1) is 11.9 Å². The van der Waals surface area contributed by atoms with E-state index in [0.29, 0.717) is 13.1 Å². The van der Waals surface area contributed by atoms with Crippen molar-refractivity contribution in [1.29, 1.82) is 0 Å². The van der Waals surface area contributed by atoms with Crippen LogP contribution < -0.4 is 10.7 Å². The molecule has 0 aromatic heterocycles. The van der Waals surface area contributed by atoms with Crippen molar-refractivity contribution in [1.82, 2.24) is 0 Å². The Bertz CT molecular complexity index is 1170. The van der Waals surface area contributed by atoms with Gasteiger partial charge in [-0.05, 0) is 29.8 Å². The van der Waals surface area contributed by atoms with E-state index in [0.717, 1.165) is 38.9 Å². The van der Waals surface area contributed by atoms with Crippen LogP contribution in [-0.4, -0.2) is 13.1 Å². The zero-order valence-corrected chi connectivity index (χ0v) is 15.7. The van der Waals surface area contributed by atoms with Gasteiger partial charge < -0.3 is 9.73 Å². The van der Waals surface area contributed by atoms with Gasteiger partial charge >= 0.3 is 0 Å². The fourth-order valence-corrected chi connectivity index (χ4v) is 3.36. The number of anilines is 1. The lowest BCUT2D eigenvalue weighted by molar-refractivity contribution is 0.619. The van der Waals surface area contributed by atoms with Crippen LogP contribution in [-0.2, 0) is 0 Å². The number of fused-ring (bicyclic) bond motifs is 2. The van der Waals surface area contributed by atoms with Crippen molar-refractivity contribution >= 4 is 16.7 Å². The smallest absolute Gasteiger partial charge is 0.137 e. The Balaban J connectivity index is 2.01. The lowest BCUT2D eigenvalue weighted by atomic mass is 9.93. The average Bonchev–Trinajstić information content (AvgIpc) is 2.74. The second kappa shape index (κ2) is 7.97. The van der Waals surface area contributed by atoms with Crippen LogP contribution in [0, 0.1) is 0 Å². The van der Waals surface area contributed by atoms with Crippen molar-refractivity contribution in [2.45, 2.75) is 0 Å². The largest absolute Gasteiger partial charge is 0.456 e. The molecule has 0 saturated carbocycles. The van der Waals surface area contributed by atoms with Gasteiger partial charge in [0.1, 0.15) is 11.3 Å². The maximum absolute atomic E-state index is 6.30. The molecule has 0 unspecified atom stereocenters. The molecule has 1 aliphatic heterocycles. The molecule has 0 spiro atoms. The number of hydrogen-bond donors (Lipinski definition) is 1. The van der Waals surface area contributed by atoms with Gasteiger partial charge in [0.2, 0.25) is 0 Å². The molecule has 0 atom stereocenters. The van der Waals surface area contributed by atoms with Crippen molar-refractivity contribution in [3.05, 3.63) is 97.4 Å². The number of nitrogens with one attached hydrogen (secondary N) is 1. The summed E-state index contributed by atoms with van der Waals surface area (Å²) in [6.07, 6.45) is 3.62. The van der Waals surface area contributed by atoms with E-state index in [2.05, 4.69) is 65.9 Å². The normalized spacial score (nSPS) is 11.6. The molecule has 3 nitrogen and oxygen atoms in total. The summed E-state index contributed by atoms with van der Waals surface area (Å²) in [7, 11) is 0. The number of benzene rings is 3. The summed E-state index contributed by atoms with van der Waals surface area (Å²) in [5, 5.41) is 5.29. The van der Waals surface area contributed by atoms with Crippen LogP contribution in [0.3, 0.4) is 0 Å². The predicted molar refractivity (Wildman–Crippen MR) is 118 cm³/mol. The quantitative estimate of drug-likeness (QED) is 0.341. The van der Waals surface area contributed by atoms with Crippen molar-refractivity contribution in [3.8, 4) is 22.5 Å². The first-order chi connectivity index (χ1) is 13.8. The molecule has 4 rings (SSSR count). The van der Waals surface area contributed by atoms with Crippen LogP contribution in [0.1, 0.15) is 0 Å². The fraction of sp³-hybridized carbons (Fsp3) is 0.0800. The van der Waals surface area contributed by atoms with Gasteiger partial charge in [-0.1, -0.05) is 42.5 Å². The lowest BCUT2D eigenvalue weighted by Crippen LogP contribution is -2.03. The number of nitrogens with zero attached hydrogens (tertiary/aromatic N) is 1. The summed E-state index contributed by atoms with van der Waals surface area (Å²) in [4.78, 5) is 4.51. The molecule has 28 heavy (non-hydrogen) atoms. The summed E-state index contributed by atoms with van der Waals surface area (Å²) in [5.41, 5.74) is 5.24. The third-order valence-electron chi connectivity index (χ3n) is 4.62. The van der Waals surface area contributed by atoms with E-state index >= 15 is 0 Å². The maximum Gasteiger partial charge on any atom is 0.137 e. The summed E-state index contributed by atoms with van der Waals surface area (Å²) < 4.78 is 6.30.